The highest BCUT2D eigenvalue weighted by Gasteiger charge is 2.14. The first-order valence-corrected chi connectivity index (χ1v) is 11.4. The van der Waals surface area contributed by atoms with Crippen molar-refractivity contribution in [1.29, 1.82) is 0 Å². The molecule has 5 nitrogen and oxygen atoms in total. The van der Waals surface area contributed by atoms with E-state index in [4.69, 9.17) is 21.1 Å². The summed E-state index contributed by atoms with van der Waals surface area (Å²) in [5.41, 5.74) is 3.93. The number of halogens is 2. The van der Waals surface area contributed by atoms with E-state index in [-0.39, 0.29) is 19.3 Å². The summed E-state index contributed by atoms with van der Waals surface area (Å²) in [5, 5.41) is 12.8. The molecule has 0 bridgehead atoms. The van der Waals surface area contributed by atoms with Gasteiger partial charge < -0.3 is 19.9 Å². The molecule has 0 aromatic heterocycles. The average Bonchev–Trinajstić information content (AvgIpc) is 2.82. The maximum absolute atomic E-state index is 10.8. The van der Waals surface area contributed by atoms with Crippen molar-refractivity contribution >= 4 is 33.8 Å². The van der Waals surface area contributed by atoms with E-state index in [0.29, 0.717) is 36.0 Å². The van der Waals surface area contributed by atoms with Gasteiger partial charge in [-0.05, 0) is 40.0 Å². The zero-order valence-corrected chi connectivity index (χ0v) is 20.0. The third-order valence-corrected chi connectivity index (χ3v) is 6.12. The van der Waals surface area contributed by atoms with Crippen LogP contribution in [0, 0.1) is 0 Å². The zero-order chi connectivity index (χ0) is 22.9. The Balaban J connectivity index is 1.80. The highest BCUT2D eigenvalue weighted by atomic mass is 79.9. The van der Waals surface area contributed by atoms with Crippen molar-refractivity contribution in [3.05, 3.63) is 81.3 Å². The molecular weight excluding hydrogens is 494 g/mol. The minimum Gasteiger partial charge on any atom is -0.487 e. The van der Waals surface area contributed by atoms with Crippen LogP contribution in [0.2, 0.25) is 5.02 Å². The molecule has 1 atom stereocenters. The first-order chi connectivity index (χ1) is 15.5. The van der Waals surface area contributed by atoms with Crippen LogP contribution in [0.4, 0.5) is 0 Å². The molecular formula is C25H25BrClNO4. The number of carbonyl (C=O) groups is 1. The first-order valence-electron chi connectivity index (χ1n) is 10.2. The summed E-state index contributed by atoms with van der Waals surface area (Å²) >= 11 is 10.2. The van der Waals surface area contributed by atoms with Gasteiger partial charge in [-0.1, -0.05) is 60.1 Å². The molecule has 0 aliphatic rings. The van der Waals surface area contributed by atoms with Crippen molar-refractivity contribution in [2.45, 2.75) is 26.1 Å². The number of aldehydes is 1. The van der Waals surface area contributed by atoms with Gasteiger partial charge in [0.25, 0.3) is 0 Å². The lowest BCUT2D eigenvalue weighted by molar-refractivity contribution is -0.109. The summed E-state index contributed by atoms with van der Waals surface area (Å²) in [6.07, 6.45) is 0.689. The van der Waals surface area contributed by atoms with Crippen molar-refractivity contribution in [1.82, 2.24) is 5.32 Å². The largest absolute Gasteiger partial charge is 0.487 e. The molecule has 2 N–H and O–H groups in total. The molecule has 0 saturated heterocycles. The Morgan fingerprint density at radius 3 is 2.56 bits per heavy atom. The molecule has 0 aliphatic heterocycles. The fraction of sp³-hybridized carbons (Fsp3) is 0.240. The number of nitrogens with one attached hydrogen (secondary N) is 1. The van der Waals surface area contributed by atoms with Gasteiger partial charge in [0, 0.05) is 34.3 Å². The Labute approximate surface area is 201 Å². The van der Waals surface area contributed by atoms with Crippen LogP contribution in [0.3, 0.4) is 0 Å². The van der Waals surface area contributed by atoms with Gasteiger partial charge in [0.15, 0.2) is 6.29 Å². The number of benzene rings is 3. The quantitative estimate of drug-likeness (QED) is 0.333. The molecule has 7 heteroatoms. The number of hydrogen-bond acceptors (Lipinski definition) is 5. The number of aliphatic hydroxyl groups excluding tert-OH is 1. The maximum atomic E-state index is 10.8. The summed E-state index contributed by atoms with van der Waals surface area (Å²) < 4.78 is 12.6. The second-order valence-electron chi connectivity index (χ2n) is 7.27. The van der Waals surface area contributed by atoms with E-state index in [9.17, 15) is 9.90 Å². The van der Waals surface area contributed by atoms with Gasteiger partial charge in [-0.3, -0.25) is 4.79 Å². The highest BCUT2D eigenvalue weighted by Crippen LogP contribution is 2.35. The van der Waals surface area contributed by atoms with Crippen LogP contribution in [0.15, 0.2) is 65.1 Å². The van der Waals surface area contributed by atoms with Gasteiger partial charge in [0.1, 0.15) is 24.7 Å². The summed E-state index contributed by atoms with van der Waals surface area (Å²) in [5.74, 6) is 0.967. The lowest BCUT2D eigenvalue weighted by atomic mass is 10.0. The lowest BCUT2D eigenvalue weighted by Gasteiger charge is -2.17. The summed E-state index contributed by atoms with van der Waals surface area (Å²) in [6.45, 7) is 2.53. The van der Waals surface area contributed by atoms with Crippen LogP contribution in [0.1, 0.15) is 18.1 Å². The van der Waals surface area contributed by atoms with Crippen molar-refractivity contribution in [2.75, 3.05) is 13.2 Å². The summed E-state index contributed by atoms with van der Waals surface area (Å²) in [4.78, 5) is 10.8. The Hall–Kier alpha value is -2.38. The molecule has 0 saturated carbocycles. The number of hydrogen-bond donors (Lipinski definition) is 2. The third kappa shape index (κ3) is 6.33. The van der Waals surface area contributed by atoms with Crippen LogP contribution in [0.5, 0.6) is 11.5 Å². The van der Waals surface area contributed by atoms with Gasteiger partial charge in [-0.25, -0.2) is 0 Å². The third-order valence-electron chi connectivity index (χ3n) is 4.88. The molecule has 3 rings (SSSR count). The van der Waals surface area contributed by atoms with Crippen molar-refractivity contribution in [3.8, 4) is 22.6 Å². The van der Waals surface area contributed by atoms with Gasteiger partial charge in [-0.15, -0.1) is 0 Å². The molecule has 0 amide bonds. The van der Waals surface area contributed by atoms with Crippen LogP contribution in [-0.4, -0.2) is 30.6 Å². The summed E-state index contributed by atoms with van der Waals surface area (Å²) in [6, 6.07) is 19.5. The van der Waals surface area contributed by atoms with Gasteiger partial charge in [-0.2, -0.15) is 0 Å². The molecule has 32 heavy (non-hydrogen) atoms. The standard InChI is InChI=1S/C25H25BrClNO4/c1-17(15-30)28-14-20-12-22(27)24(13-23(20)31-11-10-29)32-16-19-8-5-9-21(25(19)26)18-6-3-2-4-7-18/h2-10,12-13,17,28,30H,11,14-16H2,1H3. The molecule has 0 spiro atoms. The topological polar surface area (TPSA) is 67.8 Å². The van der Waals surface area contributed by atoms with E-state index in [1.54, 1.807) is 12.1 Å². The Morgan fingerprint density at radius 2 is 1.84 bits per heavy atom. The molecule has 0 heterocycles. The molecule has 1 unspecified atom stereocenters. The smallest absolute Gasteiger partial charge is 0.157 e. The number of carbonyl (C=O) groups excluding carboxylic acids is 1. The van der Waals surface area contributed by atoms with E-state index in [1.807, 2.05) is 37.3 Å². The molecule has 3 aromatic carbocycles. The number of ether oxygens (including phenoxy) is 2. The zero-order valence-electron chi connectivity index (χ0n) is 17.7. The fourth-order valence-corrected chi connectivity index (χ4v) is 3.97. The lowest BCUT2D eigenvalue weighted by Crippen LogP contribution is -2.28. The Kier molecular flexibility index (Phi) is 9.11. The molecule has 168 valence electrons. The van der Waals surface area contributed by atoms with Gasteiger partial charge in [0.05, 0.1) is 11.6 Å². The van der Waals surface area contributed by atoms with E-state index in [1.165, 1.54) is 0 Å². The second kappa shape index (κ2) is 12.0. The minimum atomic E-state index is -0.0853. The van der Waals surface area contributed by atoms with Crippen molar-refractivity contribution in [2.24, 2.45) is 0 Å². The normalized spacial score (nSPS) is 11.8. The molecule has 0 fully saturated rings. The van der Waals surface area contributed by atoms with E-state index in [0.717, 1.165) is 26.7 Å². The van der Waals surface area contributed by atoms with Gasteiger partial charge >= 0.3 is 0 Å². The first kappa shape index (κ1) is 24.3. The van der Waals surface area contributed by atoms with Gasteiger partial charge in [0.2, 0.25) is 0 Å². The predicted octanol–water partition coefficient (Wildman–Crippen LogP) is 5.40. The van der Waals surface area contributed by atoms with Crippen molar-refractivity contribution in [3.63, 3.8) is 0 Å². The van der Waals surface area contributed by atoms with Crippen LogP contribution in [-0.2, 0) is 17.9 Å². The monoisotopic (exact) mass is 517 g/mol. The van der Waals surface area contributed by atoms with E-state index in [2.05, 4.69) is 39.4 Å². The highest BCUT2D eigenvalue weighted by molar-refractivity contribution is 9.10. The fourth-order valence-electron chi connectivity index (χ4n) is 3.12. The second-order valence-corrected chi connectivity index (χ2v) is 8.47. The SMILES string of the molecule is CC(CO)NCc1cc(Cl)c(OCc2cccc(-c3ccccc3)c2Br)cc1OCC=O. The van der Waals surface area contributed by atoms with Crippen LogP contribution in [0.25, 0.3) is 11.1 Å². The minimum absolute atomic E-state index is 0.0103. The molecule has 3 aromatic rings. The average molecular weight is 519 g/mol. The Morgan fingerprint density at radius 1 is 1.06 bits per heavy atom. The van der Waals surface area contributed by atoms with Crippen LogP contribution < -0.4 is 14.8 Å². The van der Waals surface area contributed by atoms with E-state index >= 15 is 0 Å². The van der Waals surface area contributed by atoms with Crippen molar-refractivity contribution < 1.29 is 19.4 Å². The molecule has 0 radical (unpaired) electrons. The maximum Gasteiger partial charge on any atom is 0.157 e. The van der Waals surface area contributed by atoms with Crippen LogP contribution >= 0.6 is 27.5 Å². The molecule has 0 aliphatic carbocycles. The van der Waals surface area contributed by atoms with E-state index < -0.39 is 0 Å². The Bertz CT molecular complexity index is 1050. The number of rotatable bonds is 11. The number of aliphatic hydroxyl groups is 1. The predicted molar refractivity (Wildman–Crippen MR) is 130 cm³/mol. The summed E-state index contributed by atoms with van der Waals surface area (Å²) in [7, 11) is 0.